The molecule has 0 aliphatic carbocycles. The molecule has 3 aromatic rings. The van der Waals surface area contributed by atoms with Crippen LogP contribution in [0.4, 0.5) is 0 Å². The maximum atomic E-state index is 13.1. The molecule has 1 atom stereocenters. The first-order valence-electron chi connectivity index (χ1n) is 11.4. The Bertz CT molecular complexity index is 1120. The number of ketones is 1. The maximum Gasteiger partial charge on any atom is 0.224 e. The summed E-state index contributed by atoms with van der Waals surface area (Å²) in [6, 6.07) is 15.4. The number of rotatable bonds is 7. The van der Waals surface area contributed by atoms with Gasteiger partial charge in [-0.25, -0.2) is 4.98 Å². The van der Waals surface area contributed by atoms with E-state index in [4.69, 9.17) is 4.74 Å². The van der Waals surface area contributed by atoms with Crippen LogP contribution in [0.25, 0.3) is 11.0 Å². The molecule has 4 rings (SSSR count). The number of carbonyl (C=O) groups excluding carboxylic acids is 2. The van der Waals surface area contributed by atoms with Crippen LogP contribution in [-0.2, 0) is 11.3 Å². The van der Waals surface area contributed by atoms with Gasteiger partial charge in [0, 0.05) is 37.5 Å². The van der Waals surface area contributed by atoms with Crippen LogP contribution in [0.1, 0.15) is 49.3 Å². The molecule has 2 heterocycles. The van der Waals surface area contributed by atoms with Crippen LogP contribution in [0.5, 0.6) is 5.75 Å². The summed E-state index contributed by atoms with van der Waals surface area (Å²) in [5.41, 5.74) is 2.65. The number of hydrogen-bond donors (Lipinski definition) is 0. The first-order valence-corrected chi connectivity index (χ1v) is 11.4. The Labute approximate surface area is 189 Å². The fourth-order valence-corrected chi connectivity index (χ4v) is 4.49. The summed E-state index contributed by atoms with van der Waals surface area (Å²) in [6.07, 6.45) is 2.11. The van der Waals surface area contributed by atoms with Crippen LogP contribution in [0.3, 0.4) is 0 Å². The summed E-state index contributed by atoms with van der Waals surface area (Å²) in [6.45, 7) is 7.69. The highest BCUT2D eigenvalue weighted by Crippen LogP contribution is 2.24. The number of benzene rings is 2. The number of amides is 1. The van der Waals surface area contributed by atoms with Crippen molar-refractivity contribution in [2.24, 2.45) is 5.92 Å². The topological polar surface area (TPSA) is 64.4 Å². The van der Waals surface area contributed by atoms with E-state index in [1.54, 1.807) is 0 Å². The van der Waals surface area contributed by atoms with E-state index >= 15 is 0 Å². The SMILES string of the molecule is Cc1nc2ccccc2n1CCC(=O)N1CCC[C@@H](C(=O)c2cccc(OC(C)C)c2)C1. The predicted octanol–water partition coefficient (Wildman–Crippen LogP) is 4.64. The fraction of sp³-hybridized carbons (Fsp3) is 0.423. The van der Waals surface area contributed by atoms with Crippen LogP contribution in [0.2, 0.25) is 0 Å². The minimum Gasteiger partial charge on any atom is -0.491 e. The lowest BCUT2D eigenvalue weighted by atomic mass is 9.89. The predicted molar refractivity (Wildman–Crippen MR) is 125 cm³/mol. The molecule has 0 bridgehead atoms. The van der Waals surface area contributed by atoms with Gasteiger partial charge in [0.05, 0.1) is 17.1 Å². The highest BCUT2D eigenvalue weighted by atomic mass is 16.5. The molecule has 0 N–H and O–H groups in total. The molecule has 6 nitrogen and oxygen atoms in total. The molecule has 0 spiro atoms. The summed E-state index contributed by atoms with van der Waals surface area (Å²) < 4.78 is 7.83. The van der Waals surface area contributed by atoms with Gasteiger partial charge in [0.15, 0.2) is 5.78 Å². The number of Topliss-reactive ketones (excluding diaryl/α,β-unsaturated/α-hetero) is 1. The molecule has 2 aromatic carbocycles. The smallest absolute Gasteiger partial charge is 0.224 e. The molecule has 1 aromatic heterocycles. The molecule has 6 heteroatoms. The molecule has 1 aliphatic rings. The van der Waals surface area contributed by atoms with E-state index in [-0.39, 0.29) is 23.7 Å². The molecule has 0 unspecified atom stereocenters. The Hall–Kier alpha value is -3.15. The summed E-state index contributed by atoms with van der Waals surface area (Å²) in [7, 11) is 0. The molecule has 0 saturated carbocycles. The van der Waals surface area contributed by atoms with Crippen LogP contribution < -0.4 is 4.74 Å². The largest absolute Gasteiger partial charge is 0.491 e. The number of nitrogens with zero attached hydrogens (tertiary/aromatic N) is 3. The summed E-state index contributed by atoms with van der Waals surface area (Å²) in [5.74, 6) is 1.63. The first kappa shape index (κ1) is 22.1. The zero-order valence-electron chi connectivity index (χ0n) is 19.1. The van der Waals surface area contributed by atoms with Crippen molar-refractivity contribution < 1.29 is 14.3 Å². The highest BCUT2D eigenvalue weighted by molar-refractivity contribution is 5.98. The van der Waals surface area contributed by atoms with Gasteiger partial charge in [0.2, 0.25) is 5.91 Å². The summed E-state index contributed by atoms with van der Waals surface area (Å²) >= 11 is 0. The Balaban J connectivity index is 1.39. The van der Waals surface area contributed by atoms with Gasteiger partial charge >= 0.3 is 0 Å². The standard InChI is InChI=1S/C26H31N3O3/c1-18(2)32-22-10-6-8-20(16-22)26(31)21-9-7-14-28(17-21)25(30)13-15-29-19(3)27-23-11-4-5-12-24(23)29/h4-6,8,10-12,16,18,21H,7,9,13-15,17H2,1-3H3/t21-/m1/s1. The van der Waals surface area contributed by atoms with E-state index < -0.39 is 0 Å². The number of fused-ring (bicyclic) bond motifs is 1. The van der Waals surface area contributed by atoms with Crippen molar-refractivity contribution >= 4 is 22.7 Å². The minimum atomic E-state index is -0.169. The number of aryl methyl sites for hydroxylation is 2. The molecule has 1 fully saturated rings. The third kappa shape index (κ3) is 4.85. The third-order valence-corrected chi connectivity index (χ3v) is 6.03. The fourth-order valence-electron chi connectivity index (χ4n) is 4.49. The molecular formula is C26H31N3O3. The van der Waals surface area contributed by atoms with Crippen LogP contribution in [0.15, 0.2) is 48.5 Å². The van der Waals surface area contributed by atoms with Gasteiger partial charge in [-0.1, -0.05) is 24.3 Å². The first-order chi connectivity index (χ1) is 15.4. The molecule has 1 saturated heterocycles. The van der Waals surface area contributed by atoms with Crippen LogP contribution in [0, 0.1) is 12.8 Å². The lowest BCUT2D eigenvalue weighted by molar-refractivity contribution is -0.132. The van der Waals surface area contributed by atoms with E-state index in [1.165, 1.54) is 0 Å². The number of carbonyl (C=O) groups is 2. The van der Waals surface area contributed by atoms with E-state index in [0.717, 1.165) is 29.7 Å². The van der Waals surface area contributed by atoms with E-state index in [0.29, 0.717) is 37.4 Å². The maximum absolute atomic E-state index is 13.1. The zero-order valence-corrected chi connectivity index (χ0v) is 19.1. The summed E-state index contributed by atoms with van der Waals surface area (Å²) in [4.78, 5) is 32.6. The van der Waals surface area contributed by atoms with E-state index in [1.807, 2.05) is 74.2 Å². The summed E-state index contributed by atoms with van der Waals surface area (Å²) in [5, 5.41) is 0. The molecule has 0 radical (unpaired) electrons. The molecule has 168 valence electrons. The molecule has 1 amide bonds. The van der Waals surface area contributed by atoms with Crippen molar-refractivity contribution in [2.45, 2.75) is 52.7 Å². The minimum absolute atomic E-state index is 0.0550. The Kier molecular flexibility index (Phi) is 6.58. The Morgan fingerprint density at radius 3 is 2.78 bits per heavy atom. The molecule has 32 heavy (non-hydrogen) atoms. The third-order valence-electron chi connectivity index (χ3n) is 6.03. The number of likely N-dealkylation sites (tertiary alicyclic amines) is 1. The number of hydrogen-bond acceptors (Lipinski definition) is 4. The Morgan fingerprint density at radius 1 is 1.16 bits per heavy atom. The number of imidazole rings is 1. The average molecular weight is 434 g/mol. The van der Waals surface area contributed by atoms with Gasteiger partial charge in [-0.2, -0.15) is 0 Å². The van der Waals surface area contributed by atoms with Gasteiger partial charge in [-0.05, 0) is 57.9 Å². The van der Waals surface area contributed by atoms with Gasteiger partial charge in [-0.3, -0.25) is 9.59 Å². The Morgan fingerprint density at radius 2 is 1.97 bits per heavy atom. The quantitative estimate of drug-likeness (QED) is 0.509. The lowest BCUT2D eigenvalue weighted by Gasteiger charge is -2.32. The van der Waals surface area contributed by atoms with Gasteiger partial charge < -0.3 is 14.2 Å². The second-order valence-corrected chi connectivity index (χ2v) is 8.79. The van der Waals surface area contributed by atoms with E-state index in [9.17, 15) is 9.59 Å². The molecule has 1 aliphatic heterocycles. The second-order valence-electron chi connectivity index (χ2n) is 8.79. The van der Waals surface area contributed by atoms with Crippen LogP contribution in [-0.4, -0.2) is 45.3 Å². The molecular weight excluding hydrogens is 402 g/mol. The van der Waals surface area contributed by atoms with E-state index in [2.05, 4.69) is 9.55 Å². The number of ether oxygens (including phenoxy) is 1. The number of aromatic nitrogens is 2. The van der Waals surface area contributed by atoms with Crippen LogP contribution >= 0.6 is 0 Å². The van der Waals surface area contributed by atoms with Crippen molar-refractivity contribution in [2.75, 3.05) is 13.1 Å². The van der Waals surface area contributed by atoms with Gasteiger partial charge in [0.25, 0.3) is 0 Å². The zero-order chi connectivity index (χ0) is 22.7. The monoisotopic (exact) mass is 433 g/mol. The number of para-hydroxylation sites is 2. The van der Waals surface area contributed by atoms with Crippen molar-refractivity contribution in [1.82, 2.24) is 14.5 Å². The lowest BCUT2D eigenvalue weighted by Crippen LogP contribution is -2.42. The number of piperidine rings is 1. The normalized spacial score (nSPS) is 16.5. The van der Waals surface area contributed by atoms with Crippen molar-refractivity contribution in [3.8, 4) is 5.75 Å². The highest BCUT2D eigenvalue weighted by Gasteiger charge is 2.29. The van der Waals surface area contributed by atoms with Gasteiger partial charge in [0.1, 0.15) is 11.6 Å². The van der Waals surface area contributed by atoms with Crippen molar-refractivity contribution in [3.63, 3.8) is 0 Å². The second kappa shape index (κ2) is 9.55. The van der Waals surface area contributed by atoms with Crippen molar-refractivity contribution in [1.29, 1.82) is 0 Å². The van der Waals surface area contributed by atoms with Crippen molar-refractivity contribution in [3.05, 3.63) is 59.9 Å². The van der Waals surface area contributed by atoms with Gasteiger partial charge in [-0.15, -0.1) is 0 Å². The average Bonchev–Trinajstić information content (AvgIpc) is 3.11.